The van der Waals surface area contributed by atoms with E-state index in [0.717, 1.165) is 37.0 Å². The van der Waals surface area contributed by atoms with Crippen molar-refractivity contribution in [3.05, 3.63) is 59.2 Å². The quantitative estimate of drug-likeness (QED) is 0.330. The lowest BCUT2D eigenvalue weighted by Gasteiger charge is -2.34. The van der Waals surface area contributed by atoms with Crippen LogP contribution in [0.2, 0.25) is 0 Å². The summed E-state index contributed by atoms with van der Waals surface area (Å²) >= 11 is 0. The minimum atomic E-state index is -1.19. The molecular weight excluding hydrogens is 524 g/mol. The standard InChI is InChI=1S/C31H40N4O6/c1-20-18-22(12-15-26(20)37)27(28(38)33-23-8-6-5-7-9-23)35(17-16-32)29(39)25(34-30(40)41-31(2,3)4)19-21-10-13-24(36)14-11-21/h10-15,18,23,25,27,36-37H,5-9,17,19H2,1-4H3,(H,33,38)(H,34,40). The van der Waals surface area contributed by atoms with E-state index >= 15 is 0 Å². The van der Waals surface area contributed by atoms with Gasteiger partial charge in [0.05, 0.1) is 6.07 Å². The summed E-state index contributed by atoms with van der Waals surface area (Å²) in [4.78, 5) is 42.0. The maximum Gasteiger partial charge on any atom is 0.408 e. The Labute approximate surface area is 241 Å². The molecule has 0 heterocycles. The zero-order valence-corrected chi connectivity index (χ0v) is 24.1. The summed E-state index contributed by atoms with van der Waals surface area (Å²) in [5.74, 6) is -1.01. The van der Waals surface area contributed by atoms with Crippen LogP contribution in [0.3, 0.4) is 0 Å². The van der Waals surface area contributed by atoms with Crippen molar-refractivity contribution >= 4 is 17.9 Å². The molecule has 2 aromatic carbocycles. The van der Waals surface area contributed by atoms with Crippen molar-refractivity contribution in [3.63, 3.8) is 0 Å². The Morgan fingerprint density at radius 1 is 1.07 bits per heavy atom. The molecule has 0 aliphatic heterocycles. The third-order valence-electron chi connectivity index (χ3n) is 6.94. The van der Waals surface area contributed by atoms with E-state index in [1.54, 1.807) is 52.0 Å². The number of nitrogens with one attached hydrogen (secondary N) is 2. The Morgan fingerprint density at radius 2 is 1.73 bits per heavy atom. The average molecular weight is 565 g/mol. The van der Waals surface area contributed by atoms with E-state index in [4.69, 9.17) is 4.74 Å². The summed E-state index contributed by atoms with van der Waals surface area (Å²) in [5.41, 5.74) is 0.750. The largest absolute Gasteiger partial charge is 0.508 e. The van der Waals surface area contributed by atoms with Gasteiger partial charge in [0.25, 0.3) is 0 Å². The maximum absolute atomic E-state index is 14.2. The number of phenols is 2. The number of aryl methyl sites for hydroxylation is 1. The van der Waals surface area contributed by atoms with Gasteiger partial charge in [-0.15, -0.1) is 0 Å². The van der Waals surface area contributed by atoms with E-state index < -0.39 is 42.1 Å². The van der Waals surface area contributed by atoms with Crippen molar-refractivity contribution in [1.82, 2.24) is 15.5 Å². The molecule has 2 aromatic rings. The molecule has 2 atom stereocenters. The highest BCUT2D eigenvalue weighted by Gasteiger charge is 2.37. The molecule has 0 aromatic heterocycles. The molecule has 10 heteroatoms. The minimum absolute atomic E-state index is 0.0197. The molecule has 1 saturated carbocycles. The second kappa shape index (κ2) is 13.9. The van der Waals surface area contributed by atoms with Crippen LogP contribution < -0.4 is 10.6 Å². The number of ether oxygens (including phenoxy) is 1. The number of phenolic OH excluding ortho intramolecular Hbond substituents is 2. The number of amides is 3. The van der Waals surface area contributed by atoms with Crippen molar-refractivity contribution in [2.75, 3.05) is 6.54 Å². The first kappa shape index (κ1) is 31.3. The minimum Gasteiger partial charge on any atom is -0.508 e. The molecular formula is C31H40N4O6. The van der Waals surface area contributed by atoms with Crippen molar-refractivity contribution < 1.29 is 29.3 Å². The number of rotatable bonds is 9. The van der Waals surface area contributed by atoms with Crippen LogP contribution in [0.1, 0.15) is 75.6 Å². The van der Waals surface area contributed by atoms with Gasteiger partial charge in [-0.3, -0.25) is 9.59 Å². The molecule has 4 N–H and O–H groups in total. The van der Waals surface area contributed by atoms with Crippen molar-refractivity contribution in [3.8, 4) is 17.6 Å². The molecule has 1 fully saturated rings. The highest BCUT2D eigenvalue weighted by Crippen LogP contribution is 2.28. The first-order valence-corrected chi connectivity index (χ1v) is 13.9. The van der Waals surface area contributed by atoms with Gasteiger partial charge in [0.15, 0.2) is 0 Å². The van der Waals surface area contributed by atoms with Crippen LogP contribution in [0.25, 0.3) is 0 Å². The summed E-state index contributed by atoms with van der Waals surface area (Å²) < 4.78 is 5.40. The van der Waals surface area contributed by atoms with Gasteiger partial charge in [-0.25, -0.2) is 4.79 Å². The zero-order valence-electron chi connectivity index (χ0n) is 24.1. The second-order valence-corrected chi connectivity index (χ2v) is 11.5. The predicted molar refractivity (Wildman–Crippen MR) is 153 cm³/mol. The SMILES string of the molecule is Cc1cc(C(C(=O)NC2CCCCC2)N(CC#N)C(=O)C(Cc2ccc(O)cc2)NC(=O)OC(C)(C)C)ccc1O. The normalized spacial score (nSPS) is 15.2. The van der Waals surface area contributed by atoms with E-state index in [0.29, 0.717) is 16.7 Å². The van der Waals surface area contributed by atoms with Crippen LogP contribution in [0.4, 0.5) is 4.79 Å². The van der Waals surface area contributed by atoms with Gasteiger partial charge in [0.2, 0.25) is 11.8 Å². The lowest BCUT2D eigenvalue weighted by molar-refractivity contribution is -0.142. The lowest BCUT2D eigenvalue weighted by Crippen LogP contribution is -2.54. The topological polar surface area (TPSA) is 152 Å². The van der Waals surface area contributed by atoms with E-state index in [-0.39, 0.29) is 24.0 Å². The zero-order chi connectivity index (χ0) is 30.2. The highest BCUT2D eigenvalue weighted by molar-refractivity contribution is 5.92. The number of benzene rings is 2. The van der Waals surface area contributed by atoms with Crippen LogP contribution in [-0.4, -0.2) is 57.3 Å². The van der Waals surface area contributed by atoms with Gasteiger partial charge in [-0.2, -0.15) is 5.26 Å². The van der Waals surface area contributed by atoms with Crippen LogP contribution >= 0.6 is 0 Å². The second-order valence-electron chi connectivity index (χ2n) is 11.5. The molecule has 3 rings (SSSR count). The number of carbonyl (C=O) groups is 3. The molecule has 0 spiro atoms. The first-order valence-electron chi connectivity index (χ1n) is 13.9. The number of alkyl carbamates (subject to hydrolysis) is 1. The van der Waals surface area contributed by atoms with Gasteiger partial charge < -0.3 is 30.5 Å². The monoisotopic (exact) mass is 564 g/mol. The maximum atomic E-state index is 14.2. The average Bonchev–Trinajstić information content (AvgIpc) is 2.90. The Balaban J connectivity index is 2.02. The van der Waals surface area contributed by atoms with Crippen molar-refractivity contribution in [1.29, 1.82) is 5.26 Å². The molecule has 41 heavy (non-hydrogen) atoms. The number of carbonyl (C=O) groups excluding carboxylic acids is 3. The summed E-state index contributed by atoms with van der Waals surface area (Å²) in [6.45, 7) is 6.35. The fraction of sp³-hybridized carbons (Fsp3) is 0.484. The molecule has 220 valence electrons. The predicted octanol–water partition coefficient (Wildman–Crippen LogP) is 4.38. The van der Waals surface area contributed by atoms with Crippen molar-refractivity contribution in [2.24, 2.45) is 0 Å². The third kappa shape index (κ3) is 9.13. The summed E-state index contributed by atoms with van der Waals surface area (Å²) in [6.07, 6.45) is 3.92. The first-order chi connectivity index (χ1) is 19.4. The van der Waals surface area contributed by atoms with Gasteiger partial charge in [0, 0.05) is 12.5 Å². The fourth-order valence-corrected chi connectivity index (χ4v) is 4.94. The Kier molecular flexibility index (Phi) is 10.6. The Hall–Kier alpha value is -4.26. The Bertz CT molecular complexity index is 1260. The Morgan fingerprint density at radius 3 is 2.32 bits per heavy atom. The van der Waals surface area contributed by atoms with Crippen LogP contribution in [-0.2, 0) is 20.7 Å². The molecule has 10 nitrogen and oxygen atoms in total. The van der Waals surface area contributed by atoms with Crippen molar-refractivity contribution in [2.45, 2.75) is 89.9 Å². The van der Waals surface area contributed by atoms with Crippen LogP contribution in [0, 0.1) is 18.3 Å². The molecule has 3 amide bonds. The number of hydrogen-bond donors (Lipinski definition) is 4. The molecule has 0 saturated heterocycles. The fourth-order valence-electron chi connectivity index (χ4n) is 4.94. The molecule has 1 aliphatic rings. The van der Waals surface area contributed by atoms with E-state index in [9.17, 15) is 29.9 Å². The van der Waals surface area contributed by atoms with Crippen LogP contribution in [0.5, 0.6) is 11.5 Å². The van der Waals surface area contributed by atoms with E-state index in [1.807, 2.05) is 6.07 Å². The van der Waals surface area contributed by atoms with E-state index in [1.165, 1.54) is 18.2 Å². The third-order valence-corrected chi connectivity index (χ3v) is 6.94. The van der Waals surface area contributed by atoms with Gasteiger partial charge in [0.1, 0.15) is 35.7 Å². The number of nitriles is 1. The summed E-state index contributed by atoms with van der Waals surface area (Å²) in [7, 11) is 0. The lowest BCUT2D eigenvalue weighted by atomic mass is 9.94. The van der Waals surface area contributed by atoms with E-state index in [2.05, 4.69) is 10.6 Å². The van der Waals surface area contributed by atoms with Gasteiger partial charge in [-0.1, -0.05) is 37.5 Å². The van der Waals surface area contributed by atoms with Gasteiger partial charge >= 0.3 is 6.09 Å². The molecule has 0 radical (unpaired) electrons. The highest BCUT2D eigenvalue weighted by atomic mass is 16.6. The summed E-state index contributed by atoms with van der Waals surface area (Å²) in [5, 5.41) is 35.3. The molecule has 1 aliphatic carbocycles. The van der Waals surface area contributed by atoms with Gasteiger partial charge in [-0.05, 0) is 81.5 Å². The molecule has 0 bridgehead atoms. The number of hydrogen-bond acceptors (Lipinski definition) is 7. The summed E-state index contributed by atoms with van der Waals surface area (Å²) in [6, 6.07) is 10.4. The number of nitrogens with zero attached hydrogens (tertiary/aromatic N) is 2. The van der Waals surface area contributed by atoms with Crippen LogP contribution in [0.15, 0.2) is 42.5 Å². The molecule has 2 unspecified atom stereocenters. The number of aromatic hydroxyl groups is 2. The smallest absolute Gasteiger partial charge is 0.408 e.